The number of aliphatic hydroxyl groups is 1. The van der Waals surface area contributed by atoms with Gasteiger partial charge in [0.15, 0.2) is 0 Å². The summed E-state index contributed by atoms with van der Waals surface area (Å²) in [7, 11) is 0. The van der Waals surface area contributed by atoms with E-state index < -0.39 is 17.9 Å². The van der Waals surface area contributed by atoms with E-state index in [1.165, 1.54) is 12.1 Å². The lowest BCUT2D eigenvalue weighted by Gasteiger charge is -2.18. The minimum absolute atomic E-state index is 0.0685. The number of carboxylic acids is 1. The largest absolute Gasteiger partial charge is 0.478 e. The third-order valence-corrected chi connectivity index (χ3v) is 2.70. The van der Waals surface area contributed by atoms with Crippen molar-refractivity contribution in [2.45, 2.75) is 12.5 Å². The highest BCUT2D eigenvalue weighted by molar-refractivity contribution is 5.88. The molecule has 1 fully saturated rings. The molecule has 16 heavy (non-hydrogen) atoms. The number of halogens is 1. The number of rotatable bonds is 2. The molecule has 5 heteroatoms. The molecule has 1 aromatic carbocycles. The Morgan fingerprint density at radius 3 is 2.75 bits per heavy atom. The minimum atomic E-state index is -1.15. The molecule has 0 saturated carbocycles. The number of hydrogen-bond donors (Lipinski definition) is 2. The third kappa shape index (κ3) is 1.99. The van der Waals surface area contributed by atoms with E-state index in [0.29, 0.717) is 25.2 Å². The summed E-state index contributed by atoms with van der Waals surface area (Å²) in [4.78, 5) is 12.3. The lowest BCUT2D eigenvalue weighted by molar-refractivity contribution is 0.0696. The van der Waals surface area contributed by atoms with Gasteiger partial charge in [0, 0.05) is 13.1 Å². The molecule has 2 rings (SSSR count). The van der Waals surface area contributed by atoms with Crippen LogP contribution in [0.25, 0.3) is 0 Å². The molecule has 0 aliphatic carbocycles. The average molecular weight is 225 g/mol. The standard InChI is InChI=1S/C11H12FNO3/c12-9-5-7(11(15)16)1-2-10(9)13-4-3-8(14)6-13/h1-2,5,8,14H,3-4,6H2,(H,15,16)/t8-/m1/s1. The fourth-order valence-electron chi connectivity index (χ4n) is 1.86. The lowest BCUT2D eigenvalue weighted by atomic mass is 10.2. The van der Waals surface area contributed by atoms with Gasteiger partial charge in [-0.1, -0.05) is 0 Å². The molecule has 1 atom stereocenters. The number of benzene rings is 1. The summed E-state index contributed by atoms with van der Waals surface area (Å²) in [6.07, 6.45) is 0.179. The topological polar surface area (TPSA) is 60.8 Å². The van der Waals surface area contributed by atoms with Gasteiger partial charge < -0.3 is 15.1 Å². The SMILES string of the molecule is O=C(O)c1ccc(N2CC[C@@H](O)C2)c(F)c1. The second kappa shape index (κ2) is 4.09. The first-order valence-electron chi connectivity index (χ1n) is 5.04. The summed E-state index contributed by atoms with van der Waals surface area (Å²) in [6, 6.07) is 3.81. The highest BCUT2D eigenvalue weighted by Gasteiger charge is 2.23. The second-order valence-corrected chi connectivity index (χ2v) is 3.86. The maximum absolute atomic E-state index is 13.6. The van der Waals surface area contributed by atoms with Crippen molar-refractivity contribution in [1.82, 2.24) is 0 Å². The molecule has 1 aromatic rings. The molecule has 0 aromatic heterocycles. The van der Waals surface area contributed by atoms with Crippen molar-refractivity contribution in [3.8, 4) is 0 Å². The minimum Gasteiger partial charge on any atom is -0.478 e. The van der Waals surface area contributed by atoms with E-state index in [1.54, 1.807) is 4.90 Å². The molecule has 1 aliphatic rings. The number of hydrogen-bond acceptors (Lipinski definition) is 3. The highest BCUT2D eigenvalue weighted by atomic mass is 19.1. The number of aliphatic hydroxyl groups excluding tert-OH is 1. The summed E-state index contributed by atoms with van der Waals surface area (Å²) in [5.41, 5.74) is 0.280. The van der Waals surface area contributed by atoms with Crippen molar-refractivity contribution in [3.63, 3.8) is 0 Å². The van der Waals surface area contributed by atoms with Gasteiger partial charge in [0.2, 0.25) is 0 Å². The van der Waals surface area contributed by atoms with Gasteiger partial charge in [0.1, 0.15) is 5.82 Å². The maximum atomic E-state index is 13.6. The van der Waals surface area contributed by atoms with Gasteiger partial charge in [-0.15, -0.1) is 0 Å². The maximum Gasteiger partial charge on any atom is 0.335 e. The van der Waals surface area contributed by atoms with Crippen LogP contribution in [0.5, 0.6) is 0 Å². The number of anilines is 1. The van der Waals surface area contributed by atoms with E-state index >= 15 is 0 Å². The third-order valence-electron chi connectivity index (χ3n) is 2.70. The summed E-state index contributed by atoms with van der Waals surface area (Å²) < 4.78 is 13.6. The average Bonchev–Trinajstić information content (AvgIpc) is 2.64. The molecule has 0 spiro atoms. The zero-order valence-corrected chi connectivity index (χ0v) is 8.56. The Morgan fingerprint density at radius 1 is 1.50 bits per heavy atom. The summed E-state index contributed by atoms with van der Waals surface area (Å²) >= 11 is 0. The van der Waals surface area contributed by atoms with Crippen LogP contribution in [-0.4, -0.2) is 35.4 Å². The van der Waals surface area contributed by atoms with Gasteiger partial charge >= 0.3 is 5.97 Å². The first kappa shape index (κ1) is 10.9. The molecular formula is C11H12FNO3. The van der Waals surface area contributed by atoms with E-state index in [4.69, 9.17) is 5.11 Å². The first-order chi connectivity index (χ1) is 7.58. The van der Waals surface area contributed by atoms with Crippen LogP contribution < -0.4 is 4.90 Å². The molecule has 4 nitrogen and oxygen atoms in total. The fraction of sp³-hybridized carbons (Fsp3) is 0.364. The summed E-state index contributed by atoms with van der Waals surface area (Å²) in [6.45, 7) is 0.980. The quantitative estimate of drug-likeness (QED) is 0.791. The first-order valence-corrected chi connectivity index (χ1v) is 5.04. The Bertz CT molecular complexity index is 422. The predicted molar refractivity (Wildman–Crippen MR) is 56.2 cm³/mol. The van der Waals surface area contributed by atoms with Crippen LogP contribution in [0.15, 0.2) is 18.2 Å². The van der Waals surface area contributed by atoms with Crippen molar-refractivity contribution in [2.75, 3.05) is 18.0 Å². The van der Waals surface area contributed by atoms with Crippen molar-refractivity contribution in [2.24, 2.45) is 0 Å². The molecule has 2 N–H and O–H groups in total. The van der Waals surface area contributed by atoms with Gasteiger partial charge in [-0.3, -0.25) is 0 Å². The van der Waals surface area contributed by atoms with Gasteiger partial charge in [-0.05, 0) is 24.6 Å². The van der Waals surface area contributed by atoms with Gasteiger partial charge in [0.05, 0.1) is 17.4 Å². The molecule has 86 valence electrons. The fourth-order valence-corrected chi connectivity index (χ4v) is 1.86. The van der Waals surface area contributed by atoms with Crippen LogP contribution in [0, 0.1) is 5.82 Å². The van der Waals surface area contributed by atoms with E-state index in [-0.39, 0.29) is 5.56 Å². The number of aromatic carboxylic acids is 1. The van der Waals surface area contributed by atoms with Crippen LogP contribution in [0.4, 0.5) is 10.1 Å². The molecule has 0 unspecified atom stereocenters. The number of carbonyl (C=O) groups is 1. The van der Waals surface area contributed by atoms with Crippen LogP contribution in [0.3, 0.4) is 0 Å². The van der Waals surface area contributed by atoms with Crippen molar-refractivity contribution >= 4 is 11.7 Å². The Labute approximate surface area is 91.9 Å². The Morgan fingerprint density at radius 2 is 2.25 bits per heavy atom. The summed E-state index contributed by atoms with van der Waals surface area (Å²) in [5, 5.41) is 18.0. The van der Waals surface area contributed by atoms with Crippen molar-refractivity contribution in [3.05, 3.63) is 29.6 Å². The van der Waals surface area contributed by atoms with E-state index in [1.807, 2.05) is 0 Å². The van der Waals surface area contributed by atoms with Crippen LogP contribution in [0.2, 0.25) is 0 Å². The molecule has 0 radical (unpaired) electrons. The van der Waals surface area contributed by atoms with E-state index in [2.05, 4.69) is 0 Å². The van der Waals surface area contributed by atoms with E-state index in [0.717, 1.165) is 6.07 Å². The molecule has 0 amide bonds. The Hall–Kier alpha value is -1.62. The smallest absolute Gasteiger partial charge is 0.335 e. The molecular weight excluding hydrogens is 213 g/mol. The van der Waals surface area contributed by atoms with Crippen LogP contribution in [-0.2, 0) is 0 Å². The normalized spacial score (nSPS) is 20.1. The molecule has 1 aliphatic heterocycles. The van der Waals surface area contributed by atoms with Gasteiger partial charge in [0.25, 0.3) is 0 Å². The predicted octanol–water partition coefficient (Wildman–Crippen LogP) is 1.09. The number of β-amino-alcohol motifs (C(OH)–C–C–N with tert-alkyl or cyclic N) is 1. The monoisotopic (exact) mass is 225 g/mol. The molecule has 0 bridgehead atoms. The van der Waals surface area contributed by atoms with Crippen LogP contribution >= 0.6 is 0 Å². The number of nitrogens with zero attached hydrogens (tertiary/aromatic N) is 1. The van der Waals surface area contributed by atoms with Crippen molar-refractivity contribution < 1.29 is 19.4 Å². The second-order valence-electron chi connectivity index (χ2n) is 3.86. The van der Waals surface area contributed by atoms with E-state index in [9.17, 15) is 14.3 Å². The zero-order chi connectivity index (χ0) is 11.7. The Balaban J connectivity index is 2.26. The molecule has 1 saturated heterocycles. The number of carboxylic acid groups (broad SMARTS) is 1. The highest BCUT2D eigenvalue weighted by Crippen LogP contribution is 2.24. The summed E-state index contributed by atoms with van der Waals surface area (Å²) in [5.74, 6) is -1.71. The van der Waals surface area contributed by atoms with Gasteiger partial charge in [-0.25, -0.2) is 9.18 Å². The van der Waals surface area contributed by atoms with Gasteiger partial charge in [-0.2, -0.15) is 0 Å². The zero-order valence-electron chi connectivity index (χ0n) is 8.56. The van der Waals surface area contributed by atoms with Crippen molar-refractivity contribution in [1.29, 1.82) is 0 Å². The van der Waals surface area contributed by atoms with Crippen LogP contribution in [0.1, 0.15) is 16.8 Å². The Kier molecular flexibility index (Phi) is 2.78. The molecule has 1 heterocycles. The lowest BCUT2D eigenvalue weighted by Crippen LogP contribution is -2.22.